The van der Waals surface area contributed by atoms with Gasteiger partial charge >= 0.3 is 17.1 Å². The van der Waals surface area contributed by atoms with Crippen molar-refractivity contribution in [2.24, 2.45) is 0 Å². The average molecular weight is 292 g/mol. The minimum Gasteiger partial charge on any atom is -0.478 e. The average Bonchev–Trinajstić information content (AvgIpc) is 2.45. The fourth-order valence-corrected chi connectivity index (χ4v) is 2.29. The standard InChI is InChI=1S/C14H16N2O5/c1-8(6-7-21-2)16-10-5-3-4-9(14(19)20)11(10)15-12(17)13(16)18/h3-5,8H,6-7H2,1-2H3,(H,15,17)(H,19,20). The number of hydrogen-bond acceptors (Lipinski definition) is 4. The van der Waals surface area contributed by atoms with E-state index in [-0.39, 0.29) is 17.1 Å². The number of carboxylic acids is 1. The molecule has 0 saturated heterocycles. The van der Waals surface area contributed by atoms with Crippen LogP contribution in [0.1, 0.15) is 29.7 Å². The molecule has 7 nitrogen and oxygen atoms in total. The highest BCUT2D eigenvalue weighted by Gasteiger charge is 2.17. The molecule has 2 aromatic rings. The lowest BCUT2D eigenvalue weighted by atomic mass is 10.1. The Morgan fingerprint density at radius 3 is 2.76 bits per heavy atom. The summed E-state index contributed by atoms with van der Waals surface area (Å²) in [5.74, 6) is -1.16. The number of ether oxygens (including phenoxy) is 1. The van der Waals surface area contributed by atoms with Crippen LogP contribution in [0.15, 0.2) is 27.8 Å². The van der Waals surface area contributed by atoms with Crippen molar-refractivity contribution >= 4 is 17.0 Å². The molecule has 21 heavy (non-hydrogen) atoms. The van der Waals surface area contributed by atoms with E-state index in [2.05, 4.69) is 4.98 Å². The third-order valence-electron chi connectivity index (χ3n) is 3.36. The highest BCUT2D eigenvalue weighted by Crippen LogP contribution is 2.18. The SMILES string of the molecule is COCCC(C)n1c(=O)c(=O)[nH]c2c(C(=O)O)cccc21. The molecule has 0 aliphatic heterocycles. The molecule has 2 N–H and O–H groups in total. The van der Waals surface area contributed by atoms with Crippen molar-refractivity contribution in [2.45, 2.75) is 19.4 Å². The molecule has 0 spiro atoms. The van der Waals surface area contributed by atoms with E-state index in [4.69, 9.17) is 4.74 Å². The molecule has 1 atom stereocenters. The van der Waals surface area contributed by atoms with Gasteiger partial charge in [-0.2, -0.15) is 0 Å². The molecule has 0 fully saturated rings. The van der Waals surface area contributed by atoms with Gasteiger partial charge in [0.25, 0.3) is 0 Å². The summed E-state index contributed by atoms with van der Waals surface area (Å²) in [5, 5.41) is 9.18. The summed E-state index contributed by atoms with van der Waals surface area (Å²) >= 11 is 0. The van der Waals surface area contributed by atoms with Crippen molar-refractivity contribution in [2.75, 3.05) is 13.7 Å². The smallest absolute Gasteiger partial charge is 0.337 e. The molecule has 112 valence electrons. The second-order valence-corrected chi connectivity index (χ2v) is 4.76. The first-order valence-electron chi connectivity index (χ1n) is 6.47. The Bertz CT molecular complexity index is 790. The maximum absolute atomic E-state index is 12.1. The minimum absolute atomic E-state index is 0.0442. The van der Waals surface area contributed by atoms with Crippen LogP contribution in [0.3, 0.4) is 0 Å². The summed E-state index contributed by atoms with van der Waals surface area (Å²) in [5.41, 5.74) is -1.03. The van der Waals surface area contributed by atoms with Gasteiger partial charge in [-0.15, -0.1) is 0 Å². The van der Waals surface area contributed by atoms with Crippen molar-refractivity contribution in [1.82, 2.24) is 9.55 Å². The number of aromatic carboxylic acids is 1. The zero-order valence-corrected chi connectivity index (χ0v) is 11.8. The number of nitrogens with zero attached hydrogens (tertiary/aromatic N) is 1. The number of carboxylic acid groups (broad SMARTS) is 1. The number of H-pyrrole nitrogens is 1. The van der Waals surface area contributed by atoms with Crippen LogP contribution in [0.4, 0.5) is 0 Å². The van der Waals surface area contributed by atoms with Gasteiger partial charge in [-0.1, -0.05) is 6.07 Å². The van der Waals surface area contributed by atoms with Crippen LogP contribution in [-0.2, 0) is 4.74 Å². The Labute approximate surface area is 119 Å². The molecule has 0 radical (unpaired) electrons. The Balaban J connectivity index is 2.77. The largest absolute Gasteiger partial charge is 0.478 e. The Morgan fingerprint density at radius 1 is 1.43 bits per heavy atom. The number of rotatable bonds is 5. The zero-order chi connectivity index (χ0) is 15.6. The van der Waals surface area contributed by atoms with Crippen LogP contribution in [0.25, 0.3) is 11.0 Å². The normalized spacial score (nSPS) is 12.5. The van der Waals surface area contributed by atoms with Gasteiger partial charge in [0.2, 0.25) is 0 Å². The van der Waals surface area contributed by atoms with E-state index in [1.165, 1.54) is 10.6 Å². The number of para-hydroxylation sites is 1. The lowest BCUT2D eigenvalue weighted by Crippen LogP contribution is -2.38. The second-order valence-electron chi connectivity index (χ2n) is 4.76. The first-order chi connectivity index (χ1) is 9.97. The molecule has 1 unspecified atom stereocenters. The van der Waals surface area contributed by atoms with Crippen molar-refractivity contribution in [3.05, 3.63) is 44.5 Å². The van der Waals surface area contributed by atoms with E-state index in [0.29, 0.717) is 18.5 Å². The molecule has 1 aromatic heterocycles. The van der Waals surface area contributed by atoms with Gasteiger partial charge in [0, 0.05) is 19.8 Å². The number of methoxy groups -OCH3 is 1. The monoisotopic (exact) mass is 292 g/mol. The third kappa shape index (κ3) is 2.73. The quantitative estimate of drug-likeness (QED) is 0.800. The Hall–Kier alpha value is -2.41. The fraction of sp³-hybridized carbons (Fsp3) is 0.357. The van der Waals surface area contributed by atoms with E-state index in [9.17, 15) is 19.5 Å². The predicted octanol–water partition coefficient (Wildman–Crippen LogP) is 0.986. The molecule has 2 rings (SSSR count). The van der Waals surface area contributed by atoms with E-state index >= 15 is 0 Å². The highest BCUT2D eigenvalue weighted by atomic mass is 16.5. The van der Waals surface area contributed by atoms with Crippen molar-refractivity contribution < 1.29 is 14.6 Å². The van der Waals surface area contributed by atoms with E-state index in [1.54, 1.807) is 26.2 Å². The Morgan fingerprint density at radius 2 is 2.14 bits per heavy atom. The van der Waals surface area contributed by atoms with Crippen LogP contribution in [0.2, 0.25) is 0 Å². The van der Waals surface area contributed by atoms with Crippen LogP contribution < -0.4 is 11.1 Å². The molecule has 1 heterocycles. The molecule has 0 amide bonds. The van der Waals surface area contributed by atoms with Gasteiger partial charge in [0.1, 0.15) is 0 Å². The van der Waals surface area contributed by atoms with Crippen LogP contribution >= 0.6 is 0 Å². The molecule has 0 saturated carbocycles. The predicted molar refractivity (Wildman–Crippen MR) is 77.0 cm³/mol. The van der Waals surface area contributed by atoms with Crippen molar-refractivity contribution in [1.29, 1.82) is 0 Å². The molecular formula is C14H16N2O5. The number of carbonyl (C=O) groups is 1. The van der Waals surface area contributed by atoms with E-state index in [1.807, 2.05) is 0 Å². The number of aromatic nitrogens is 2. The second kappa shape index (κ2) is 5.92. The third-order valence-corrected chi connectivity index (χ3v) is 3.36. The van der Waals surface area contributed by atoms with Gasteiger partial charge in [-0.25, -0.2) is 4.79 Å². The topological polar surface area (TPSA) is 101 Å². The molecule has 0 aliphatic carbocycles. The van der Waals surface area contributed by atoms with Gasteiger partial charge in [-0.05, 0) is 25.5 Å². The van der Waals surface area contributed by atoms with Crippen LogP contribution in [-0.4, -0.2) is 34.3 Å². The Kier molecular flexibility index (Phi) is 4.23. The molecular weight excluding hydrogens is 276 g/mol. The fourth-order valence-electron chi connectivity index (χ4n) is 2.29. The summed E-state index contributed by atoms with van der Waals surface area (Å²) in [6.07, 6.45) is 0.534. The number of nitrogens with one attached hydrogen (secondary N) is 1. The first-order valence-corrected chi connectivity index (χ1v) is 6.47. The number of fused-ring (bicyclic) bond motifs is 1. The molecule has 0 bridgehead atoms. The maximum Gasteiger partial charge on any atom is 0.337 e. The summed E-state index contributed by atoms with van der Waals surface area (Å²) in [7, 11) is 1.55. The first kappa shape index (κ1) is 15.0. The van der Waals surface area contributed by atoms with Crippen molar-refractivity contribution in [3.8, 4) is 0 Å². The number of aromatic amines is 1. The lowest BCUT2D eigenvalue weighted by Gasteiger charge is -2.17. The summed E-state index contributed by atoms with van der Waals surface area (Å²) < 4.78 is 6.30. The molecule has 1 aromatic carbocycles. The summed E-state index contributed by atoms with van der Waals surface area (Å²) in [6, 6.07) is 4.26. The lowest BCUT2D eigenvalue weighted by molar-refractivity contribution is 0.0698. The van der Waals surface area contributed by atoms with Gasteiger partial charge < -0.3 is 14.8 Å². The highest BCUT2D eigenvalue weighted by molar-refractivity contribution is 6.00. The van der Waals surface area contributed by atoms with Crippen molar-refractivity contribution in [3.63, 3.8) is 0 Å². The van der Waals surface area contributed by atoms with E-state index in [0.717, 1.165) is 0 Å². The molecule has 0 aliphatic rings. The molecule has 7 heteroatoms. The van der Waals surface area contributed by atoms with Gasteiger partial charge in [-0.3, -0.25) is 14.2 Å². The minimum atomic E-state index is -1.16. The van der Waals surface area contributed by atoms with Gasteiger partial charge in [0.15, 0.2) is 0 Å². The van der Waals surface area contributed by atoms with E-state index < -0.39 is 17.1 Å². The summed E-state index contributed by atoms with van der Waals surface area (Å²) in [6.45, 7) is 2.22. The maximum atomic E-state index is 12.1. The van der Waals surface area contributed by atoms with Gasteiger partial charge in [0.05, 0.1) is 16.6 Å². The number of benzene rings is 1. The van der Waals surface area contributed by atoms with Crippen LogP contribution in [0.5, 0.6) is 0 Å². The number of hydrogen-bond donors (Lipinski definition) is 2. The zero-order valence-electron chi connectivity index (χ0n) is 11.8. The van der Waals surface area contributed by atoms with Crippen LogP contribution in [0, 0.1) is 0 Å². The summed E-state index contributed by atoms with van der Waals surface area (Å²) in [4.78, 5) is 37.5.